The first kappa shape index (κ1) is 92.6. The molecular formula is C86H161NO10. The Kier molecular flexibility index (Phi) is 71.4. The van der Waals surface area contributed by atoms with E-state index in [4.69, 9.17) is 14.2 Å². The number of unbranched alkanes of at least 4 members (excludes halogenated alkanes) is 56. The summed E-state index contributed by atoms with van der Waals surface area (Å²) in [4.78, 5) is 25.2. The molecule has 6 N–H and O–H groups in total. The van der Waals surface area contributed by atoms with Crippen LogP contribution in [0, 0.1) is 0 Å². The Labute approximate surface area is 599 Å². The number of carbonyl (C=O) groups excluding carboxylic acids is 2. The fraction of sp³-hybridized carbons (Fsp3) is 0.884. The summed E-state index contributed by atoms with van der Waals surface area (Å²) in [5, 5.41) is 54.5. The van der Waals surface area contributed by atoms with Gasteiger partial charge in [0.1, 0.15) is 24.4 Å². The summed E-state index contributed by atoms with van der Waals surface area (Å²) in [6, 6.07) is -0.826. The Morgan fingerprint density at radius 3 is 1.08 bits per heavy atom. The molecule has 11 heteroatoms. The highest BCUT2D eigenvalue weighted by Gasteiger charge is 2.44. The van der Waals surface area contributed by atoms with Gasteiger partial charge >= 0.3 is 5.97 Å². The lowest BCUT2D eigenvalue weighted by Gasteiger charge is -2.40. The molecule has 0 saturated carbocycles. The zero-order valence-electron chi connectivity index (χ0n) is 63.8. The van der Waals surface area contributed by atoms with E-state index in [1.165, 1.54) is 340 Å². The molecule has 0 aromatic carbocycles. The summed E-state index contributed by atoms with van der Waals surface area (Å²) in [6.45, 7) is 4.38. The minimum absolute atomic E-state index is 0.0191. The fourth-order valence-electron chi connectivity index (χ4n) is 13.5. The Hall–Kier alpha value is -2.38. The second-order valence-corrected chi connectivity index (χ2v) is 29.5. The minimum Gasteiger partial charge on any atom is -0.466 e. The van der Waals surface area contributed by atoms with Gasteiger partial charge in [0.25, 0.3) is 0 Å². The summed E-state index contributed by atoms with van der Waals surface area (Å²) in [7, 11) is 0. The van der Waals surface area contributed by atoms with Crippen LogP contribution in [0.15, 0.2) is 48.6 Å². The molecule has 1 amide bonds. The standard InChI is InChI=1S/C86H161NO10/c1-3-5-7-9-11-13-15-17-18-42-46-50-54-58-62-66-70-74-82(91)95-75-71-67-63-59-55-51-47-44-41-39-37-35-33-31-29-27-25-23-21-19-20-22-24-26-28-30-32-34-36-38-40-43-45-49-53-57-61-65-69-73-81(90)87-78(77-96-86-85(94)84(93)83(92)80(76-88)97-86)79(89)72-68-64-60-56-52-48-16-14-12-10-8-6-4-2/h19-20,23,25,52,56,68,72,78-80,83-86,88-89,92-94H,3-18,21-22,24,26-51,53-55,57-67,69-71,73-77H2,1-2H3,(H,87,90)/b20-19-,25-23-,56-52+,72-68+. The van der Waals surface area contributed by atoms with Crippen LogP contribution in [0.5, 0.6) is 0 Å². The van der Waals surface area contributed by atoms with E-state index < -0.39 is 49.5 Å². The van der Waals surface area contributed by atoms with Crippen LogP contribution in [-0.4, -0.2) is 100 Å². The van der Waals surface area contributed by atoms with Crippen molar-refractivity contribution in [2.24, 2.45) is 0 Å². The van der Waals surface area contributed by atoms with E-state index in [1.807, 2.05) is 6.08 Å². The second-order valence-electron chi connectivity index (χ2n) is 29.5. The first-order valence-electron chi connectivity index (χ1n) is 42.4. The molecule has 0 aromatic heterocycles. The number of allylic oxidation sites excluding steroid dienone is 7. The normalized spacial score (nSPS) is 17.5. The maximum absolute atomic E-state index is 13.1. The number of hydrogen-bond acceptors (Lipinski definition) is 10. The lowest BCUT2D eigenvalue weighted by Crippen LogP contribution is -2.60. The highest BCUT2D eigenvalue weighted by Crippen LogP contribution is 2.24. The van der Waals surface area contributed by atoms with E-state index in [2.05, 4.69) is 55.6 Å². The van der Waals surface area contributed by atoms with E-state index in [9.17, 15) is 35.1 Å². The van der Waals surface area contributed by atoms with Gasteiger partial charge < -0.3 is 45.1 Å². The number of aliphatic hydroxyl groups is 5. The topological polar surface area (TPSA) is 175 Å². The van der Waals surface area contributed by atoms with Crippen molar-refractivity contribution in [3.8, 4) is 0 Å². The highest BCUT2D eigenvalue weighted by molar-refractivity contribution is 5.76. The molecule has 0 bridgehead atoms. The first-order chi connectivity index (χ1) is 47.7. The molecule has 11 nitrogen and oxygen atoms in total. The van der Waals surface area contributed by atoms with Crippen molar-refractivity contribution in [1.29, 1.82) is 0 Å². The summed E-state index contributed by atoms with van der Waals surface area (Å²) >= 11 is 0. The molecule has 0 radical (unpaired) electrons. The van der Waals surface area contributed by atoms with Crippen LogP contribution in [0.2, 0.25) is 0 Å². The lowest BCUT2D eigenvalue weighted by molar-refractivity contribution is -0.302. The number of nitrogens with one attached hydrogen (secondary N) is 1. The fourth-order valence-corrected chi connectivity index (χ4v) is 13.5. The Balaban J connectivity index is 1.89. The maximum Gasteiger partial charge on any atom is 0.305 e. The minimum atomic E-state index is -1.58. The van der Waals surface area contributed by atoms with Gasteiger partial charge in [-0.05, 0) is 77.0 Å². The van der Waals surface area contributed by atoms with Crippen molar-refractivity contribution in [2.75, 3.05) is 19.8 Å². The molecule has 7 unspecified atom stereocenters. The van der Waals surface area contributed by atoms with E-state index in [-0.39, 0.29) is 18.5 Å². The molecule has 0 aliphatic carbocycles. The average Bonchev–Trinajstić information content (AvgIpc) is 0.840. The molecule has 1 rings (SSSR count). The number of aliphatic hydroxyl groups excluding tert-OH is 5. The molecule has 1 aliphatic heterocycles. The third kappa shape index (κ3) is 63.1. The van der Waals surface area contributed by atoms with Crippen LogP contribution in [0.1, 0.15) is 425 Å². The number of hydrogen-bond donors (Lipinski definition) is 6. The van der Waals surface area contributed by atoms with E-state index >= 15 is 0 Å². The molecule has 1 fully saturated rings. The van der Waals surface area contributed by atoms with Gasteiger partial charge in [-0.1, -0.05) is 383 Å². The molecule has 7 atom stereocenters. The molecule has 570 valence electrons. The zero-order chi connectivity index (χ0) is 70.1. The smallest absolute Gasteiger partial charge is 0.305 e. The van der Waals surface area contributed by atoms with Gasteiger partial charge in [0.05, 0.1) is 32.0 Å². The number of esters is 1. The number of carbonyl (C=O) groups is 2. The summed E-state index contributed by atoms with van der Waals surface area (Å²) < 4.78 is 16.8. The molecule has 0 aromatic rings. The van der Waals surface area contributed by atoms with Gasteiger partial charge in [0, 0.05) is 12.8 Å². The van der Waals surface area contributed by atoms with Crippen molar-refractivity contribution in [1.82, 2.24) is 5.32 Å². The van der Waals surface area contributed by atoms with Crippen molar-refractivity contribution < 1.29 is 49.3 Å². The van der Waals surface area contributed by atoms with Crippen LogP contribution in [-0.2, 0) is 23.8 Å². The van der Waals surface area contributed by atoms with Crippen molar-refractivity contribution in [3.63, 3.8) is 0 Å². The zero-order valence-corrected chi connectivity index (χ0v) is 63.8. The molecule has 0 spiro atoms. The van der Waals surface area contributed by atoms with Gasteiger partial charge in [0.2, 0.25) is 5.91 Å². The SMILES string of the molecule is CCCCCCCCC/C=C/CC/C=C/C(O)C(COC1OC(CO)C(O)C(O)C1O)NC(=O)CCCCCCCCCCCCCCCCCCC/C=C\C/C=C\CCCCCCCCCCCCCCCCCOC(=O)CCCCCCCCCCCCCCCCCCC. The maximum atomic E-state index is 13.1. The van der Waals surface area contributed by atoms with Gasteiger partial charge in [0.15, 0.2) is 6.29 Å². The third-order valence-corrected chi connectivity index (χ3v) is 20.2. The Bertz CT molecular complexity index is 1750. The molecule has 97 heavy (non-hydrogen) atoms. The number of ether oxygens (including phenoxy) is 3. The third-order valence-electron chi connectivity index (χ3n) is 20.2. The van der Waals surface area contributed by atoms with E-state index in [0.717, 1.165) is 57.8 Å². The van der Waals surface area contributed by atoms with Crippen LogP contribution >= 0.6 is 0 Å². The summed E-state index contributed by atoms with van der Waals surface area (Å²) in [6.07, 6.45) is 90.2. The van der Waals surface area contributed by atoms with Crippen LogP contribution < -0.4 is 5.32 Å². The average molecular weight is 1370 g/mol. The van der Waals surface area contributed by atoms with Gasteiger partial charge in [-0.25, -0.2) is 0 Å². The Morgan fingerprint density at radius 1 is 0.381 bits per heavy atom. The molecule has 1 saturated heterocycles. The summed E-state index contributed by atoms with van der Waals surface area (Å²) in [5.41, 5.74) is 0. The highest BCUT2D eigenvalue weighted by atomic mass is 16.7. The van der Waals surface area contributed by atoms with Crippen LogP contribution in [0.25, 0.3) is 0 Å². The molecule has 1 aliphatic rings. The summed E-state index contributed by atoms with van der Waals surface area (Å²) in [5.74, 6) is -0.168. The largest absolute Gasteiger partial charge is 0.466 e. The number of amides is 1. The van der Waals surface area contributed by atoms with E-state index in [0.29, 0.717) is 19.4 Å². The van der Waals surface area contributed by atoms with Crippen molar-refractivity contribution in [2.45, 2.75) is 468 Å². The molecular weight excluding hydrogens is 1210 g/mol. The lowest BCUT2D eigenvalue weighted by atomic mass is 9.99. The predicted molar refractivity (Wildman–Crippen MR) is 412 cm³/mol. The molecule has 1 heterocycles. The quantitative estimate of drug-likeness (QED) is 0.0195. The van der Waals surface area contributed by atoms with Crippen molar-refractivity contribution >= 4 is 11.9 Å². The van der Waals surface area contributed by atoms with Gasteiger partial charge in [-0.15, -0.1) is 0 Å². The van der Waals surface area contributed by atoms with Crippen molar-refractivity contribution in [3.05, 3.63) is 48.6 Å². The van der Waals surface area contributed by atoms with Crippen LogP contribution in [0.3, 0.4) is 0 Å². The van der Waals surface area contributed by atoms with Crippen LogP contribution in [0.4, 0.5) is 0 Å². The Morgan fingerprint density at radius 2 is 0.701 bits per heavy atom. The van der Waals surface area contributed by atoms with Gasteiger partial charge in [-0.2, -0.15) is 0 Å². The van der Waals surface area contributed by atoms with Gasteiger partial charge in [-0.3, -0.25) is 9.59 Å². The second kappa shape index (κ2) is 74.8. The predicted octanol–water partition coefficient (Wildman–Crippen LogP) is 23.4. The van der Waals surface area contributed by atoms with E-state index in [1.54, 1.807) is 6.08 Å². The monoisotopic (exact) mass is 1370 g/mol. The first-order valence-corrected chi connectivity index (χ1v) is 42.4. The number of rotatable bonds is 76.